The van der Waals surface area contributed by atoms with Gasteiger partial charge in [-0.1, -0.05) is 12.1 Å². The van der Waals surface area contributed by atoms with Crippen LogP contribution in [-0.4, -0.2) is 41.8 Å². The number of carboxylic acids is 2. The molecule has 0 aliphatic heterocycles. The van der Waals surface area contributed by atoms with E-state index in [0.717, 1.165) is 5.56 Å². The molecule has 1 aromatic carbocycles. The Bertz CT molecular complexity index is 415. The summed E-state index contributed by atoms with van der Waals surface area (Å²) >= 11 is 0. The lowest BCUT2D eigenvalue weighted by Gasteiger charge is -2.11. The third-order valence-corrected chi connectivity index (χ3v) is 2.37. The summed E-state index contributed by atoms with van der Waals surface area (Å²) in [5.41, 5.74) is 0.833. The molecule has 0 saturated heterocycles. The Morgan fingerprint density at radius 2 is 1.89 bits per heavy atom. The predicted molar refractivity (Wildman–Crippen MR) is 63.8 cm³/mol. The number of likely N-dealkylation sites (N-methyl/N-ethyl adjacent to an activating group) is 1. The zero-order chi connectivity index (χ0) is 13.5. The second kappa shape index (κ2) is 6.61. The van der Waals surface area contributed by atoms with Crippen LogP contribution in [0.2, 0.25) is 0 Å². The van der Waals surface area contributed by atoms with Gasteiger partial charge in [0.1, 0.15) is 11.8 Å². The topological polar surface area (TPSA) is 95.9 Å². The van der Waals surface area contributed by atoms with Crippen LogP contribution in [0.1, 0.15) is 5.56 Å². The van der Waals surface area contributed by atoms with E-state index in [0.29, 0.717) is 12.2 Å². The van der Waals surface area contributed by atoms with Gasteiger partial charge in [-0.2, -0.15) is 0 Å². The first-order valence-corrected chi connectivity index (χ1v) is 5.36. The molecule has 0 spiro atoms. The van der Waals surface area contributed by atoms with E-state index in [4.69, 9.17) is 14.9 Å². The molecule has 0 aliphatic carbocycles. The summed E-state index contributed by atoms with van der Waals surface area (Å²) in [6, 6.07) is 6.02. The molecule has 98 valence electrons. The Morgan fingerprint density at radius 3 is 2.33 bits per heavy atom. The molecule has 1 rings (SSSR count). The number of carboxylic acid groups (broad SMARTS) is 2. The molecule has 18 heavy (non-hydrogen) atoms. The van der Waals surface area contributed by atoms with E-state index in [2.05, 4.69) is 5.32 Å². The van der Waals surface area contributed by atoms with Crippen molar-refractivity contribution in [3.63, 3.8) is 0 Å². The minimum atomic E-state index is -1.04. The van der Waals surface area contributed by atoms with E-state index in [-0.39, 0.29) is 0 Å². The van der Waals surface area contributed by atoms with Crippen molar-refractivity contribution in [2.75, 3.05) is 13.7 Å². The Hall–Kier alpha value is -2.08. The lowest BCUT2D eigenvalue weighted by atomic mass is 10.1. The summed E-state index contributed by atoms with van der Waals surface area (Å²) in [5.74, 6) is -1.51. The number of nitrogens with one attached hydrogen (secondary N) is 1. The van der Waals surface area contributed by atoms with E-state index in [9.17, 15) is 9.59 Å². The normalized spacial score (nSPS) is 11.8. The monoisotopic (exact) mass is 253 g/mol. The Morgan fingerprint density at radius 1 is 1.28 bits per heavy atom. The summed E-state index contributed by atoms with van der Waals surface area (Å²) in [5, 5.41) is 20.0. The van der Waals surface area contributed by atoms with Crippen LogP contribution < -0.4 is 10.1 Å². The molecule has 0 bridgehead atoms. The molecule has 0 heterocycles. The van der Waals surface area contributed by atoms with Crippen molar-refractivity contribution in [2.24, 2.45) is 0 Å². The van der Waals surface area contributed by atoms with Crippen LogP contribution in [0.3, 0.4) is 0 Å². The highest BCUT2D eigenvalue weighted by atomic mass is 16.5. The van der Waals surface area contributed by atoms with Crippen molar-refractivity contribution in [1.82, 2.24) is 5.32 Å². The first-order chi connectivity index (χ1) is 8.52. The molecular formula is C12H15NO5. The third kappa shape index (κ3) is 4.42. The van der Waals surface area contributed by atoms with Gasteiger partial charge in [0.15, 0.2) is 6.61 Å². The zero-order valence-electron chi connectivity index (χ0n) is 9.92. The van der Waals surface area contributed by atoms with Crippen molar-refractivity contribution >= 4 is 11.9 Å². The van der Waals surface area contributed by atoms with E-state index in [1.54, 1.807) is 31.3 Å². The maximum Gasteiger partial charge on any atom is 0.341 e. The fourth-order valence-corrected chi connectivity index (χ4v) is 1.42. The van der Waals surface area contributed by atoms with Gasteiger partial charge in [0, 0.05) is 0 Å². The predicted octanol–water partition coefficient (Wildman–Crippen LogP) is 0.365. The molecule has 0 unspecified atom stereocenters. The molecule has 0 radical (unpaired) electrons. The highest BCUT2D eigenvalue weighted by Gasteiger charge is 2.15. The number of hydrogen-bond acceptors (Lipinski definition) is 4. The van der Waals surface area contributed by atoms with Crippen LogP contribution in [0.15, 0.2) is 24.3 Å². The average Bonchev–Trinajstić information content (AvgIpc) is 2.34. The second-order valence-corrected chi connectivity index (χ2v) is 3.71. The molecule has 1 aromatic rings. The molecule has 0 aromatic heterocycles. The van der Waals surface area contributed by atoms with Crippen LogP contribution in [0.25, 0.3) is 0 Å². The van der Waals surface area contributed by atoms with Gasteiger partial charge < -0.3 is 20.3 Å². The van der Waals surface area contributed by atoms with Gasteiger partial charge in [0.2, 0.25) is 0 Å². The number of benzene rings is 1. The van der Waals surface area contributed by atoms with Crippen LogP contribution in [0.4, 0.5) is 0 Å². The minimum Gasteiger partial charge on any atom is -0.482 e. The summed E-state index contributed by atoms with van der Waals surface area (Å²) < 4.78 is 4.97. The maximum absolute atomic E-state index is 10.8. The zero-order valence-corrected chi connectivity index (χ0v) is 9.92. The SMILES string of the molecule is CN[C@H](Cc1ccc(OCC(=O)O)cc1)C(=O)O. The fraction of sp³-hybridized carbons (Fsp3) is 0.333. The molecular weight excluding hydrogens is 238 g/mol. The van der Waals surface area contributed by atoms with Gasteiger partial charge in [-0.15, -0.1) is 0 Å². The first kappa shape index (κ1) is 14.0. The largest absolute Gasteiger partial charge is 0.482 e. The molecule has 1 atom stereocenters. The number of carbonyl (C=O) groups is 2. The van der Waals surface area contributed by atoms with Crippen LogP contribution in [-0.2, 0) is 16.0 Å². The highest BCUT2D eigenvalue weighted by Crippen LogP contribution is 2.13. The van der Waals surface area contributed by atoms with Gasteiger partial charge in [-0.25, -0.2) is 4.79 Å². The number of aliphatic carboxylic acids is 2. The molecule has 0 amide bonds. The second-order valence-electron chi connectivity index (χ2n) is 3.71. The van der Waals surface area contributed by atoms with Crippen molar-refractivity contribution in [2.45, 2.75) is 12.5 Å². The maximum atomic E-state index is 10.8. The smallest absolute Gasteiger partial charge is 0.341 e. The molecule has 0 fully saturated rings. The molecule has 3 N–H and O–H groups in total. The average molecular weight is 253 g/mol. The summed E-state index contributed by atoms with van der Waals surface area (Å²) in [6.45, 7) is -0.395. The molecule has 6 nitrogen and oxygen atoms in total. The van der Waals surface area contributed by atoms with E-state index in [1.807, 2.05) is 0 Å². The van der Waals surface area contributed by atoms with E-state index in [1.165, 1.54) is 0 Å². The Labute approximate surface area is 104 Å². The van der Waals surface area contributed by atoms with Crippen molar-refractivity contribution in [1.29, 1.82) is 0 Å². The first-order valence-electron chi connectivity index (χ1n) is 5.36. The fourth-order valence-electron chi connectivity index (χ4n) is 1.42. The number of hydrogen-bond donors (Lipinski definition) is 3. The van der Waals surface area contributed by atoms with Gasteiger partial charge in [0.05, 0.1) is 0 Å². The van der Waals surface area contributed by atoms with Gasteiger partial charge in [-0.3, -0.25) is 4.79 Å². The van der Waals surface area contributed by atoms with Gasteiger partial charge in [-0.05, 0) is 31.2 Å². The highest BCUT2D eigenvalue weighted by molar-refractivity contribution is 5.73. The standard InChI is InChI=1S/C12H15NO5/c1-13-10(12(16)17)6-8-2-4-9(5-3-8)18-7-11(14)15/h2-5,10,13H,6-7H2,1H3,(H,14,15)(H,16,17)/t10-/m1/s1. The lowest BCUT2D eigenvalue weighted by molar-refractivity contribution is -0.140. The van der Waals surface area contributed by atoms with Gasteiger partial charge in [0.25, 0.3) is 0 Å². The van der Waals surface area contributed by atoms with E-state index >= 15 is 0 Å². The lowest BCUT2D eigenvalue weighted by Crippen LogP contribution is -2.35. The van der Waals surface area contributed by atoms with Crippen molar-refractivity contribution in [3.8, 4) is 5.75 Å². The minimum absolute atomic E-state index is 0.352. The number of ether oxygens (including phenoxy) is 1. The summed E-state index contributed by atoms with van der Waals surface area (Å²) in [4.78, 5) is 21.1. The van der Waals surface area contributed by atoms with Crippen molar-refractivity contribution < 1.29 is 24.5 Å². The summed E-state index contributed by atoms with van der Waals surface area (Å²) in [6.07, 6.45) is 0.352. The number of rotatable bonds is 7. The van der Waals surface area contributed by atoms with Crippen LogP contribution >= 0.6 is 0 Å². The third-order valence-electron chi connectivity index (χ3n) is 2.37. The summed E-state index contributed by atoms with van der Waals surface area (Å²) in [7, 11) is 1.59. The Kier molecular flexibility index (Phi) is 5.13. The molecule has 0 aliphatic rings. The van der Waals surface area contributed by atoms with Crippen LogP contribution in [0.5, 0.6) is 5.75 Å². The molecule has 6 heteroatoms. The Balaban J connectivity index is 2.59. The van der Waals surface area contributed by atoms with Crippen molar-refractivity contribution in [3.05, 3.63) is 29.8 Å². The van der Waals surface area contributed by atoms with Crippen LogP contribution in [0, 0.1) is 0 Å². The molecule has 0 saturated carbocycles. The van der Waals surface area contributed by atoms with E-state index < -0.39 is 24.6 Å². The quantitative estimate of drug-likeness (QED) is 0.649. The van der Waals surface area contributed by atoms with Gasteiger partial charge >= 0.3 is 11.9 Å².